The average molecular weight is 305 g/mol. The van der Waals surface area contributed by atoms with Crippen molar-refractivity contribution in [3.63, 3.8) is 0 Å². The molecule has 0 spiro atoms. The van der Waals surface area contributed by atoms with Gasteiger partial charge in [0.1, 0.15) is 11.7 Å². The zero-order chi connectivity index (χ0) is 15.2. The average Bonchev–Trinajstić information content (AvgIpc) is 2.47. The third-order valence-electron chi connectivity index (χ3n) is 2.83. The fourth-order valence-electron chi connectivity index (χ4n) is 1.83. The van der Waals surface area contributed by atoms with Gasteiger partial charge >= 0.3 is 5.97 Å². The minimum atomic E-state index is -1.11. The second-order valence-electron chi connectivity index (χ2n) is 4.41. The summed E-state index contributed by atoms with van der Waals surface area (Å²) in [5.41, 5.74) is 0.908. The van der Waals surface area contributed by atoms with Crippen molar-refractivity contribution in [2.45, 2.75) is 12.5 Å². The molecule has 1 heterocycles. The second-order valence-corrected chi connectivity index (χ2v) is 4.85. The van der Waals surface area contributed by atoms with Gasteiger partial charge in [-0.15, -0.1) is 0 Å². The first-order valence-electron chi connectivity index (χ1n) is 6.25. The zero-order valence-electron chi connectivity index (χ0n) is 11.0. The molecule has 5 nitrogen and oxygen atoms in total. The standard InChI is InChI=1S/C15H13ClN2O3/c16-11-5-3-4-10(8-11)9-13(15(20)21)18-14(19)12-6-1-2-7-17-12/h1-8,13H,9H2,(H,18,19)(H,20,21). The third kappa shape index (κ3) is 4.29. The number of aliphatic carboxylic acids is 1. The van der Waals surface area contributed by atoms with E-state index in [-0.39, 0.29) is 12.1 Å². The van der Waals surface area contributed by atoms with E-state index in [0.29, 0.717) is 5.02 Å². The number of carbonyl (C=O) groups is 2. The van der Waals surface area contributed by atoms with E-state index in [1.807, 2.05) is 0 Å². The first kappa shape index (κ1) is 15.0. The SMILES string of the molecule is O=C(NC(Cc1cccc(Cl)c1)C(=O)O)c1ccccn1. The Labute approximate surface area is 126 Å². The molecular formula is C15H13ClN2O3. The quantitative estimate of drug-likeness (QED) is 0.887. The smallest absolute Gasteiger partial charge is 0.326 e. The van der Waals surface area contributed by atoms with Crippen molar-refractivity contribution in [3.05, 3.63) is 64.9 Å². The summed E-state index contributed by atoms with van der Waals surface area (Å²) < 4.78 is 0. The van der Waals surface area contributed by atoms with Gasteiger partial charge in [-0.1, -0.05) is 29.8 Å². The Hall–Kier alpha value is -2.40. The van der Waals surface area contributed by atoms with Crippen LogP contribution in [-0.4, -0.2) is 28.0 Å². The van der Waals surface area contributed by atoms with Gasteiger partial charge < -0.3 is 10.4 Å². The number of rotatable bonds is 5. The Morgan fingerprint density at radius 3 is 2.67 bits per heavy atom. The first-order valence-corrected chi connectivity index (χ1v) is 6.63. The highest BCUT2D eigenvalue weighted by molar-refractivity contribution is 6.30. The fraction of sp³-hybridized carbons (Fsp3) is 0.133. The summed E-state index contributed by atoms with van der Waals surface area (Å²) in [6.07, 6.45) is 1.62. The molecule has 0 saturated heterocycles. The van der Waals surface area contributed by atoms with Gasteiger partial charge in [-0.2, -0.15) is 0 Å². The maximum absolute atomic E-state index is 12.0. The summed E-state index contributed by atoms with van der Waals surface area (Å²) in [5, 5.41) is 12.2. The summed E-state index contributed by atoms with van der Waals surface area (Å²) in [6.45, 7) is 0. The second kappa shape index (κ2) is 6.85. The summed E-state index contributed by atoms with van der Waals surface area (Å²) in [5.74, 6) is -1.63. The van der Waals surface area contributed by atoms with Gasteiger partial charge in [0.25, 0.3) is 5.91 Å². The molecule has 2 N–H and O–H groups in total. The van der Waals surface area contributed by atoms with Gasteiger partial charge in [0.15, 0.2) is 0 Å². The molecule has 0 aliphatic heterocycles. The minimum Gasteiger partial charge on any atom is -0.480 e. The fourth-order valence-corrected chi connectivity index (χ4v) is 2.04. The van der Waals surface area contributed by atoms with E-state index in [9.17, 15) is 14.7 Å². The lowest BCUT2D eigenvalue weighted by Crippen LogP contribution is -2.42. The molecule has 0 bridgehead atoms. The number of carboxylic acids is 1. The van der Waals surface area contributed by atoms with E-state index in [0.717, 1.165) is 5.56 Å². The molecule has 6 heteroatoms. The van der Waals surface area contributed by atoms with Crippen LogP contribution in [0.4, 0.5) is 0 Å². The molecule has 2 rings (SSSR count). The molecule has 1 atom stereocenters. The molecule has 0 fully saturated rings. The van der Waals surface area contributed by atoms with Gasteiger partial charge in [-0.05, 0) is 29.8 Å². The number of hydrogen-bond donors (Lipinski definition) is 2. The van der Waals surface area contributed by atoms with Crippen LogP contribution in [0.15, 0.2) is 48.7 Å². The summed E-state index contributed by atoms with van der Waals surface area (Å²) in [6, 6.07) is 10.7. The van der Waals surface area contributed by atoms with Crippen molar-refractivity contribution < 1.29 is 14.7 Å². The summed E-state index contributed by atoms with van der Waals surface area (Å²) >= 11 is 5.86. The Morgan fingerprint density at radius 2 is 2.05 bits per heavy atom. The van der Waals surface area contributed by atoms with Crippen molar-refractivity contribution in [3.8, 4) is 0 Å². The molecule has 0 radical (unpaired) electrons. The van der Waals surface area contributed by atoms with Crippen LogP contribution in [0.5, 0.6) is 0 Å². The molecule has 1 amide bonds. The van der Waals surface area contributed by atoms with Gasteiger partial charge in [-0.25, -0.2) is 4.79 Å². The predicted molar refractivity (Wildman–Crippen MR) is 78.3 cm³/mol. The lowest BCUT2D eigenvalue weighted by atomic mass is 10.1. The van der Waals surface area contributed by atoms with Crippen molar-refractivity contribution in [2.24, 2.45) is 0 Å². The van der Waals surface area contributed by atoms with Crippen molar-refractivity contribution in [2.75, 3.05) is 0 Å². The molecule has 1 unspecified atom stereocenters. The number of benzene rings is 1. The van der Waals surface area contributed by atoms with Gasteiger partial charge in [0.05, 0.1) is 0 Å². The highest BCUT2D eigenvalue weighted by atomic mass is 35.5. The maximum Gasteiger partial charge on any atom is 0.326 e. The minimum absolute atomic E-state index is 0.147. The molecule has 108 valence electrons. The number of halogens is 1. The lowest BCUT2D eigenvalue weighted by molar-refractivity contribution is -0.139. The Bertz CT molecular complexity index is 646. The van der Waals surface area contributed by atoms with Crippen LogP contribution < -0.4 is 5.32 Å². The molecule has 0 aliphatic rings. The van der Waals surface area contributed by atoms with E-state index in [1.54, 1.807) is 36.4 Å². The van der Waals surface area contributed by atoms with E-state index in [1.165, 1.54) is 12.3 Å². The molecule has 1 aromatic carbocycles. The number of nitrogens with zero attached hydrogens (tertiary/aromatic N) is 1. The Morgan fingerprint density at radius 1 is 1.24 bits per heavy atom. The molecule has 0 aliphatic carbocycles. The van der Waals surface area contributed by atoms with E-state index >= 15 is 0 Å². The van der Waals surface area contributed by atoms with Crippen LogP contribution in [-0.2, 0) is 11.2 Å². The number of aromatic nitrogens is 1. The number of hydrogen-bond acceptors (Lipinski definition) is 3. The van der Waals surface area contributed by atoms with E-state index < -0.39 is 17.9 Å². The van der Waals surface area contributed by atoms with E-state index in [2.05, 4.69) is 10.3 Å². The molecule has 21 heavy (non-hydrogen) atoms. The highest BCUT2D eigenvalue weighted by Gasteiger charge is 2.21. The molecule has 2 aromatic rings. The third-order valence-corrected chi connectivity index (χ3v) is 3.06. The van der Waals surface area contributed by atoms with Crippen LogP contribution >= 0.6 is 11.6 Å². The normalized spacial score (nSPS) is 11.7. The molecular weight excluding hydrogens is 292 g/mol. The van der Waals surface area contributed by atoms with Crippen molar-refractivity contribution in [1.29, 1.82) is 0 Å². The van der Waals surface area contributed by atoms with Crippen molar-refractivity contribution in [1.82, 2.24) is 10.3 Å². The summed E-state index contributed by atoms with van der Waals surface area (Å²) in [4.78, 5) is 27.1. The largest absolute Gasteiger partial charge is 0.480 e. The molecule has 1 aromatic heterocycles. The Kier molecular flexibility index (Phi) is 4.90. The van der Waals surface area contributed by atoms with Crippen LogP contribution in [0.2, 0.25) is 5.02 Å². The lowest BCUT2D eigenvalue weighted by Gasteiger charge is -2.14. The molecule has 0 saturated carbocycles. The number of pyridine rings is 1. The number of amides is 1. The van der Waals surface area contributed by atoms with Crippen LogP contribution in [0.25, 0.3) is 0 Å². The van der Waals surface area contributed by atoms with Crippen LogP contribution in [0, 0.1) is 0 Å². The van der Waals surface area contributed by atoms with Gasteiger partial charge in [-0.3, -0.25) is 9.78 Å². The zero-order valence-corrected chi connectivity index (χ0v) is 11.7. The Balaban J connectivity index is 2.09. The predicted octanol–water partition coefficient (Wildman–Crippen LogP) is 2.16. The van der Waals surface area contributed by atoms with Gasteiger partial charge in [0.2, 0.25) is 0 Å². The number of carbonyl (C=O) groups excluding carboxylic acids is 1. The summed E-state index contributed by atoms with van der Waals surface area (Å²) in [7, 11) is 0. The van der Waals surface area contributed by atoms with Crippen LogP contribution in [0.3, 0.4) is 0 Å². The van der Waals surface area contributed by atoms with E-state index in [4.69, 9.17) is 11.6 Å². The monoisotopic (exact) mass is 304 g/mol. The maximum atomic E-state index is 12.0. The number of nitrogens with one attached hydrogen (secondary N) is 1. The van der Waals surface area contributed by atoms with Gasteiger partial charge in [0, 0.05) is 17.6 Å². The highest BCUT2D eigenvalue weighted by Crippen LogP contribution is 2.12. The first-order chi connectivity index (χ1) is 10.1. The van der Waals surface area contributed by atoms with Crippen LogP contribution in [0.1, 0.15) is 16.1 Å². The topological polar surface area (TPSA) is 79.3 Å². The van der Waals surface area contributed by atoms with Crippen molar-refractivity contribution >= 4 is 23.5 Å². The number of carboxylic acid groups (broad SMARTS) is 1.